The second-order valence-corrected chi connectivity index (χ2v) is 12.2. The Morgan fingerprint density at radius 2 is 2.02 bits per heavy atom. The Morgan fingerprint density at radius 1 is 1.26 bits per heavy atom. The molecule has 2 fully saturated rings. The van der Waals surface area contributed by atoms with E-state index in [0.717, 1.165) is 24.2 Å². The number of likely N-dealkylation sites (tertiary alicyclic amines) is 1. The van der Waals surface area contributed by atoms with Crippen LogP contribution in [0.5, 0.6) is 0 Å². The summed E-state index contributed by atoms with van der Waals surface area (Å²) < 4.78 is 18.6. The Morgan fingerprint density at radius 3 is 2.72 bits per heavy atom. The minimum absolute atomic E-state index is 0.143. The van der Waals surface area contributed by atoms with Gasteiger partial charge in [-0.2, -0.15) is 5.26 Å². The third-order valence-electron chi connectivity index (χ3n) is 8.99. The summed E-state index contributed by atoms with van der Waals surface area (Å²) >= 11 is 6.69. The number of piperidine rings is 1. The molecular formula is C32H34ClFN8O. The summed E-state index contributed by atoms with van der Waals surface area (Å²) in [7, 11) is 4.09. The summed E-state index contributed by atoms with van der Waals surface area (Å²) in [5, 5.41) is 19.9. The average molecular weight is 601 g/mol. The molecule has 0 spiro atoms. The molecule has 2 saturated heterocycles. The number of pyridine rings is 1. The van der Waals surface area contributed by atoms with Crippen molar-refractivity contribution in [2.45, 2.75) is 51.2 Å². The number of hydrogen-bond donors (Lipinski definition) is 0. The highest BCUT2D eigenvalue weighted by Crippen LogP contribution is 2.42. The fourth-order valence-corrected chi connectivity index (χ4v) is 6.69. The molecule has 6 rings (SSSR count). The molecular weight excluding hydrogens is 567 g/mol. The van der Waals surface area contributed by atoms with E-state index in [1.807, 2.05) is 56.9 Å². The number of rotatable bonds is 6. The van der Waals surface area contributed by atoms with Gasteiger partial charge in [-0.25, -0.2) is 14.1 Å². The minimum atomic E-state index is -0.433. The second-order valence-electron chi connectivity index (χ2n) is 11.8. The Bertz CT molecular complexity index is 1810. The highest BCUT2D eigenvalue weighted by atomic mass is 35.5. The van der Waals surface area contributed by atoms with E-state index < -0.39 is 5.82 Å². The molecule has 0 radical (unpaired) electrons. The number of amides is 1. The zero-order chi connectivity index (χ0) is 30.6. The first-order valence-corrected chi connectivity index (χ1v) is 14.9. The number of fused-ring (bicyclic) bond motifs is 3. The predicted molar refractivity (Wildman–Crippen MR) is 167 cm³/mol. The van der Waals surface area contributed by atoms with Gasteiger partial charge in [0.25, 0.3) is 0 Å². The van der Waals surface area contributed by atoms with Crippen LogP contribution in [0.25, 0.3) is 33.1 Å². The van der Waals surface area contributed by atoms with Gasteiger partial charge in [-0.05, 0) is 64.1 Å². The third-order valence-corrected chi connectivity index (χ3v) is 9.49. The molecule has 2 aromatic carbocycles. The lowest BCUT2D eigenvalue weighted by atomic mass is 9.94. The van der Waals surface area contributed by atoms with Crippen molar-refractivity contribution in [2.75, 3.05) is 38.6 Å². The number of nitrogens with zero attached hydrogens (tertiary/aromatic N) is 8. The molecule has 0 unspecified atom stereocenters. The number of carbonyl (C=O) groups excluding carboxylic acids is 1. The third kappa shape index (κ3) is 4.81. The molecule has 4 aromatic rings. The van der Waals surface area contributed by atoms with Crippen LogP contribution in [0.1, 0.15) is 36.4 Å². The monoisotopic (exact) mass is 600 g/mol. The summed E-state index contributed by atoms with van der Waals surface area (Å²) in [6.07, 6.45) is 2.63. The maximum Gasteiger partial charge on any atom is 0.246 e. The van der Waals surface area contributed by atoms with Crippen LogP contribution in [0.2, 0.25) is 5.02 Å². The molecule has 4 heterocycles. The quantitative estimate of drug-likeness (QED) is 0.272. The number of halogens is 2. The van der Waals surface area contributed by atoms with Crippen molar-refractivity contribution in [3.63, 3.8) is 0 Å². The van der Waals surface area contributed by atoms with Crippen molar-refractivity contribution < 1.29 is 9.18 Å². The van der Waals surface area contributed by atoms with Gasteiger partial charge in [-0.1, -0.05) is 41.6 Å². The van der Waals surface area contributed by atoms with Crippen LogP contribution in [0.4, 0.5) is 10.2 Å². The molecule has 11 heteroatoms. The lowest BCUT2D eigenvalue weighted by Gasteiger charge is -2.43. The first kappa shape index (κ1) is 29.0. The normalized spacial score (nSPS) is 19.2. The maximum absolute atomic E-state index is 16.8. The lowest BCUT2D eigenvalue weighted by molar-refractivity contribution is -0.130. The number of nitriles is 1. The van der Waals surface area contributed by atoms with Gasteiger partial charge in [0.1, 0.15) is 11.0 Å². The van der Waals surface area contributed by atoms with Gasteiger partial charge in [-0.3, -0.25) is 4.79 Å². The number of carbonyl (C=O) groups is 1. The Hall–Kier alpha value is -4.07. The van der Waals surface area contributed by atoms with E-state index in [9.17, 15) is 10.1 Å². The maximum atomic E-state index is 16.8. The van der Waals surface area contributed by atoms with Crippen molar-refractivity contribution in [3.05, 3.63) is 58.9 Å². The number of anilines is 1. The van der Waals surface area contributed by atoms with Gasteiger partial charge < -0.3 is 14.7 Å². The van der Waals surface area contributed by atoms with Crippen LogP contribution in [-0.2, 0) is 4.79 Å². The molecule has 0 saturated carbocycles. The Kier molecular flexibility index (Phi) is 7.57. The largest absolute Gasteiger partial charge is 0.351 e. The van der Waals surface area contributed by atoms with Crippen LogP contribution in [0, 0.1) is 31.0 Å². The minimum Gasteiger partial charge on any atom is -0.351 e. The van der Waals surface area contributed by atoms with Crippen LogP contribution >= 0.6 is 11.6 Å². The Labute approximate surface area is 255 Å². The van der Waals surface area contributed by atoms with Crippen molar-refractivity contribution in [3.8, 4) is 17.2 Å². The van der Waals surface area contributed by atoms with Gasteiger partial charge in [0.05, 0.1) is 23.6 Å². The average Bonchev–Trinajstić information content (AvgIpc) is 3.40. The zero-order valence-electron chi connectivity index (χ0n) is 24.8. The fourth-order valence-electron chi connectivity index (χ4n) is 6.47. The molecule has 2 atom stereocenters. The lowest BCUT2D eigenvalue weighted by Crippen LogP contribution is -2.57. The number of aromatic nitrogens is 4. The standard InChI is InChI=1S/C32H34ClFN8O/c1-6-25(43)41-13-11-21(15-20(41)10-12-35)42-31-24-14-19(3)26(23-9-7-8-18(2)27(23)33)28(34)29(24)36-32(30(31)37-38-42)40-16-22(17-40)39(4)5/h6-9,14,20-22H,1,10-11,13,15-17H2,2-5H3/t20-,21+/m1/s1. The number of benzene rings is 2. The first-order valence-electron chi connectivity index (χ1n) is 14.5. The van der Waals surface area contributed by atoms with Gasteiger partial charge in [0.15, 0.2) is 17.2 Å². The summed E-state index contributed by atoms with van der Waals surface area (Å²) in [6, 6.07) is 9.72. The molecule has 0 aliphatic carbocycles. The molecule has 2 aliphatic heterocycles. The highest BCUT2D eigenvalue weighted by molar-refractivity contribution is 6.34. The van der Waals surface area contributed by atoms with Crippen LogP contribution in [-0.4, -0.2) is 81.5 Å². The van der Waals surface area contributed by atoms with E-state index >= 15 is 4.39 Å². The zero-order valence-corrected chi connectivity index (χ0v) is 25.6. The molecule has 2 aromatic heterocycles. The number of hydrogen-bond acceptors (Lipinski definition) is 7. The molecule has 222 valence electrons. The van der Waals surface area contributed by atoms with Gasteiger partial charge in [-0.15, -0.1) is 5.10 Å². The topological polar surface area (TPSA) is 94.2 Å². The van der Waals surface area contributed by atoms with E-state index in [1.165, 1.54) is 6.08 Å². The molecule has 0 N–H and O–H groups in total. The summed E-state index contributed by atoms with van der Waals surface area (Å²) in [6.45, 7) is 9.35. The van der Waals surface area contributed by atoms with Gasteiger partial charge in [0, 0.05) is 48.2 Å². The van der Waals surface area contributed by atoms with Crippen molar-refractivity contribution in [2.24, 2.45) is 0 Å². The van der Waals surface area contributed by atoms with Crippen molar-refractivity contribution in [1.82, 2.24) is 29.8 Å². The second kappa shape index (κ2) is 11.2. The predicted octanol–water partition coefficient (Wildman–Crippen LogP) is 5.44. The number of likely N-dealkylation sites (N-methyl/N-ethyl adjacent to an activating group) is 1. The summed E-state index contributed by atoms with van der Waals surface area (Å²) in [4.78, 5) is 23.4. The molecule has 9 nitrogen and oxygen atoms in total. The van der Waals surface area contributed by atoms with E-state index in [0.29, 0.717) is 63.8 Å². The summed E-state index contributed by atoms with van der Waals surface area (Å²) in [5.74, 6) is -0.0204. The molecule has 43 heavy (non-hydrogen) atoms. The van der Waals surface area contributed by atoms with E-state index in [2.05, 4.69) is 32.8 Å². The fraction of sp³-hybridized carbons (Fsp3) is 0.406. The van der Waals surface area contributed by atoms with E-state index in [1.54, 1.807) is 4.90 Å². The van der Waals surface area contributed by atoms with Crippen molar-refractivity contribution >= 4 is 45.3 Å². The van der Waals surface area contributed by atoms with Crippen LogP contribution < -0.4 is 4.90 Å². The highest BCUT2D eigenvalue weighted by Gasteiger charge is 2.36. The molecule has 0 bridgehead atoms. The first-order chi connectivity index (χ1) is 20.6. The molecule has 2 aliphatic rings. The van der Waals surface area contributed by atoms with Crippen molar-refractivity contribution in [1.29, 1.82) is 5.26 Å². The van der Waals surface area contributed by atoms with Crippen LogP contribution in [0.15, 0.2) is 36.9 Å². The molecule has 1 amide bonds. The van der Waals surface area contributed by atoms with E-state index in [-0.39, 0.29) is 29.9 Å². The smallest absolute Gasteiger partial charge is 0.246 e. The van der Waals surface area contributed by atoms with E-state index in [4.69, 9.17) is 16.6 Å². The van der Waals surface area contributed by atoms with Gasteiger partial charge >= 0.3 is 0 Å². The number of aryl methyl sites for hydroxylation is 2. The Balaban J connectivity index is 1.55. The van der Waals surface area contributed by atoms with Gasteiger partial charge in [0.2, 0.25) is 5.91 Å². The van der Waals surface area contributed by atoms with Crippen LogP contribution in [0.3, 0.4) is 0 Å². The summed E-state index contributed by atoms with van der Waals surface area (Å²) in [5.41, 5.74) is 4.22. The SMILES string of the molecule is C=CC(=O)N1CC[C@H](n2nnc3c(N4CC(N(C)C)C4)nc4c(F)c(-c5cccc(C)c5Cl)c(C)cc4c32)C[C@H]1CC#N.